The Morgan fingerprint density at radius 2 is 2.15 bits per heavy atom. The molecule has 1 aromatic heterocycles. The van der Waals surface area contributed by atoms with Crippen molar-refractivity contribution in [2.45, 2.75) is 13.0 Å². The fourth-order valence-corrected chi connectivity index (χ4v) is 1.59. The zero-order valence-corrected chi connectivity index (χ0v) is 10.5. The number of rotatable bonds is 4. The predicted octanol–water partition coefficient (Wildman–Crippen LogP) is 0.882. The summed E-state index contributed by atoms with van der Waals surface area (Å²) in [5.41, 5.74) is -0.0867. The second-order valence-corrected chi connectivity index (χ2v) is 4.08. The Bertz CT molecular complexity index is 639. The molecule has 1 aromatic carbocycles. The van der Waals surface area contributed by atoms with Crippen molar-refractivity contribution in [1.82, 2.24) is 14.8 Å². The van der Waals surface area contributed by atoms with Gasteiger partial charge >= 0.3 is 5.97 Å². The van der Waals surface area contributed by atoms with Crippen LogP contribution in [0.1, 0.15) is 23.3 Å². The average molecular weight is 276 g/mol. The summed E-state index contributed by atoms with van der Waals surface area (Å²) in [6.45, 7) is 1.60. The number of hydrogen-bond acceptors (Lipinski definition) is 5. The van der Waals surface area contributed by atoms with E-state index in [0.29, 0.717) is 0 Å². The molecule has 0 aliphatic rings. The number of carboxylic acids is 1. The molecule has 2 aromatic rings. The van der Waals surface area contributed by atoms with Crippen LogP contribution >= 0.6 is 0 Å². The fraction of sp³-hybridized carbons (Fsp3) is 0.167. The number of nitrogens with zero attached hydrogens (tertiary/aromatic N) is 3. The summed E-state index contributed by atoms with van der Waals surface area (Å²) in [6.07, 6.45) is 2.69. The molecule has 0 bridgehead atoms. The Hall–Kier alpha value is -2.90. The van der Waals surface area contributed by atoms with Crippen LogP contribution in [0.2, 0.25) is 0 Å². The number of carboxylic acid groups (broad SMARTS) is 1. The van der Waals surface area contributed by atoms with E-state index >= 15 is 0 Å². The Morgan fingerprint density at radius 1 is 1.40 bits per heavy atom. The number of benzene rings is 1. The van der Waals surface area contributed by atoms with Crippen LogP contribution in [0.15, 0.2) is 30.9 Å². The molecule has 1 amide bonds. The monoisotopic (exact) mass is 276 g/mol. The van der Waals surface area contributed by atoms with Gasteiger partial charge in [-0.05, 0) is 25.1 Å². The number of aromatic hydroxyl groups is 1. The van der Waals surface area contributed by atoms with Gasteiger partial charge in [-0.2, -0.15) is 5.10 Å². The molecule has 0 aliphatic heterocycles. The molecule has 0 saturated carbocycles. The van der Waals surface area contributed by atoms with Gasteiger partial charge in [0.05, 0.1) is 11.3 Å². The maximum atomic E-state index is 12.0. The summed E-state index contributed by atoms with van der Waals surface area (Å²) in [4.78, 5) is 26.8. The zero-order chi connectivity index (χ0) is 14.7. The van der Waals surface area contributed by atoms with Crippen molar-refractivity contribution < 1.29 is 19.8 Å². The van der Waals surface area contributed by atoms with Crippen LogP contribution < -0.4 is 5.32 Å². The van der Waals surface area contributed by atoms with Gasteiger partial charge < -0.3 is 15.5 Å². The van der Waals surface area contributed by atoms with Gasteiger partial charge in [0.25, 0.3) is 0 Å². The molecule has 0 saturated heterocycles. The van der Waals surface area contributed by atoms with E-state index in [1.807, 2.05) is 0 Å². The highest BCUT2D eigenvalue weighted by Crippen LogP contribution is 2.22. The summed E-state index contributed by atoms with van der Waals surface area (Å²) in [6, 6.07) is 3.04. The second kappa shape index (κ2) is 5.39. The topological polar surface area (TPSA) is 117 Å². The zero-order valence-electron chi connectivity index (χ0n) is 10.5. The van der Waals surface area contributed by atoms with Crippen LogP contribution in [0.5, 0.6) is 5.75 Å². The van der Waals surface area contributed by atoms with E-state index in [1.165, 1.54) is 29.5 Å². The van der Waals surface area contributed by atoms with Crippen LogP contribution in [0.3, 0.4) is 0 Å². The van der Waals surface area contributed by atoms with Gasteiger partial charge in [-0.25, -0.2) is 14.5 Å². The first kappa shape index (κ1) is 13.5. The number of hydrogen-bond donors (Lipinski definition) is 3. The maximum Gasteiger partial charge on any atom is 0.337 e. The summed E-state index contributed by atoms with van der Waals surface area (Å²) < 4.78 is 1.34. The van der Waals surface area contributed by atoms with Crippen LogP contribution in [-0.4, -0.2) is 36.9 Å². The normalized spacial score (nSPS) is 11.8. The highest BCUT2D eigenvalue weighted by atomic mass is 16.4. The van der Waals surface area contributed by atoms with Gasteiger partial charge in [-0.15, -0.1) is 0 Å². The van der Waals surface area contributed by atoms with E-state index < -0.39 is 17.9 Å². The molecular weight excluding hydrogens is 264 g/mol. The maximum absolute atomic E-state index is 12.0. The molecule has 8 heteroatoms. The lowest BCUT2D eigenvalue weighted by Gasteiger charge is -2.13. The number of anilines is 1. The van der Waals surface area contributed by atoms with Crippen LogP contribution in [0.25, 0.3) is 0 Å². The van der Waals surface area contributed by atoms with Gasteiger partial charge in [-0.1, -0.05) is 0 Å². The SMILES string of the molecule is CC(C(=O)Nc1ccc(O)cc1C(=O)O)n1cncn1. The molecule has 0 fully saturated rings. The van der Waals surface area contributed by atoms with Gasteiger partial charge in [0.1, 0.15) is 24.4 Å². The smallest absolute Gasteiger partial charge is 0.337 e. The Balaban J connectivity index is 2.22. The standard InChI is InChI=1S/C12H12N4O4/c1-7(16-6-13-5-14-16)11(18)15-10-3-2-8(17)4-9(10)12(19)20/h2-7,17H,1H3,(H,15,18)(H,19,20). The van der Waals surface area contributed by atoms with Crippen molar-refractivity contribution in [1.29, 1.82) is 0 Å². The fourth-order valence-electron chi connectivity index (χ4n) is 1.59. The molecule has 2 rings (SSSR count). The van der Waals surface area contributed by atoms with Crippen LogP contribution in [0, 0.1) is 0 Å². The van der Waals surface area contributed by atoms with E-state index in [9.17, 15) is 14.7 Å². The lowest BCUT2D eigenvalue weighted by atomic mass is 10.1. The van der Waals surface area contributed by atoms with Crippen LogP contribution in [-0.2, 0) is 4.79 Å². The highest BCUT2D eigenvalue weighted by molar-refractivity contribution is 6.01. The quantitative estimate of drug-likeness (QED) is 0.713. The van der Waals surface area contributed by atoms with Crippen molar-refractivity contribution in [3.8, 4) is 5.75 Å². The predicted molar refractivity (Wildman–Crippen MR) is 68.4 cm³/mol. The molecule has 104 valence electrons. The van der Waals surface area contributed by atoms with Crippen molar-refractivity contribution in [2.75, 3.05) is 5.32 Å². The summed E-state index contributed by atoms with van der Waals surface area (Å²) in [7, 11) is 0. The molecule has 1 unspecified atom stereocenters. The minimum Gasteiger partial charge on any atom is -0.508 e. The number of amides is 1. The minimum absolute atomic E-state index is 0.104. The summed E-state index contributed by atoms with van der Waals surface area (Å²) >= 11 is 0. The van der Waals surface area contributed by atoms with Gasteiger partial charge in [0.2, 0.25) is 5.91 Å². The molecular formula is C12H12N4O4. The summed E-state index contributed by atoms with van der Waals surface area (Å²) in [5.74, 6) is -1.88. The Morgan fingerprint density at radius 3 is 2.75 bits per heavy atom. The van der Waals surface area contributed by atoms with Crippen LogP contribution in [0.4, 0.5) is 5.69 Å². The van der Waals surface area contributed by atoms with E-state index in [0.717, 1.165) is 6.07 Å². The first-order valence-electron chi connectivity index (χ1n) is 5.70. The van der Waals surface area contributed by atoms with E-state index in [1.54, 1.807) is 6.92 Å². The van der Waals surface area contributed by atoms with Crippen molar-refractivity contribution in [2.24, 2.45) is 0 Å². The number of aromatic nitrogens is 3. The molecule has 0 radical (unpaired) electrons. The van der Waals surface area contributed by atoms with E-state index in [4.69, 9.17) is 5.11 Å². The Kier molecular flexibility index (Phi) is 3.65. The highest BCUT2D eigenvalue weighted by Gasteiger charge is 2.19. The van der Waals surface area contributed by atoms with E-state index in [-0.39, 0.29) is 17.0 Å². The molecule has 0 spiro atoms. The molecule has 1 heterocycles. The summed E-state index contributed by atoms with van der Waals surface area (Å²) in [5, 5.41) is 24.6. The minimum atomic E-state index is -1.25. The lowest BCUT2D eigenvalue weighted by Crippen LogP contribution is -2.25. The van der Waals surface area contributed by atoms with Crippen molar-refractivity contribution in [3.63, 3.8) is 0 Å². The molecule has 0 aliphatic carbocycles. The third-order valence-corrected chi connectivity index (χ3v) is 2.70. The third-order valence-electron chi connectivity index (χ3n) is 2.70. The molecule has 20 heavy (non-hydrogen) atoms. The number of nitrogens with one attached hydrogen (secondary N) is 1. The van der Waals surface area contributed by atoms with Crippen molar-refractivity contribution in [3.05, 3.63) is 36.4 Å². The first-order chi connectivity index (χ1) is 9.49. The number of phenols is 1. The number of aromatic carboxylic acids is 1. The number of phenolic OH excluding ortho intramolecular Hbond substituents is 1. The second-order valence-electron chi connectivity index (χ2n) is 4.08. The van der Waals surface area contributed by atoms with Gasteiger partial charge in [0, 0.05) is 0 Å². The van der Waals surface area contributed by atoms with Gasteiger partial charge in [-0.3, -0.25) is 4.79 Å². The molecule has 8 nitrogen and oxygen atoms in total. The third kappa shape index (κ3) is 2.74. The first-order valence-corrected chi connectivity index (χ1v) is 5.70. The van der Waals surface area contributed by atoms with E-state index in [2.05, 4.69) is 15.4 Å². The number of carbonyl (C=O) groups is 2. The molecule has 1 atom stereocenters. The lowest BCUT2D eigenvalue weighted by molar-refractivity contribution is -0.119. The van der Waals surface area contributed by atoms with Crippen molar-refractivity contribution >= 4 is 17.6 Å². The van der Waals surface area contributed by atoms with Gasteiger partial charge in [0.15, 0.2) is 0 Å². The largest absolute Gasteiger partial charge is 0.508 e. The average Bonchev–Trinajstić information content (AvgIpc) is 2.93. The molecule has 3 N–H and O–H groups in total. The Labute approximate surface area is 113 Å². The number of carbonyl (C=O) groups excluding carboxylic acids is 1.